The summed E-state index contributed by atoms with van der Waals surface area (Å²) in [5.74, 6) is 0. The van der Waals surface area contributed by atoms with Crippen LogP contribution in [0.3, 0.4) is 0 Å². The zero-order chi connectivity index (χ0) is 8.15. The Morgan fingerprint density at radius 3 is 1.90 bits per heavy atom. The molecule has 0 bridgehead atoms. The lowest BCUT2D eigenvalue weighted by molar-refractivity contribution is -0.0727. The molecule has 0 amide bonds. The van der Waals surface area contributed by atoms with Crippen molar-refractivity contribution in [2.24, 2.45) is 5.73 Å². The Kier molecular flexibility index (Phi) is 4.50. The Morgan fingerprint density at radius 1 is 1.10 bits per heavy atom. The van der Waals surface area contributed by atoms with Crippen LogP contribution in [0.15, 0.2) is 0 Å². The van der Waals surface area contributed by atoms with Gasteiger partial charge >= 0.3 is 0 Å². The van der Waals surface area contributed by atoms with Crippen LogP contribution in [-0.4, -0.2) is 51.9 Å². The van der Waals surface area contributed by atoms with Crippen molar-refractivity contribution in [1.82, 2.24) is 0 Å². The molecule has 10 heavy (non-hydrogen) atoms. The summed E-state index contributed by atoms with van der Waals surface area (Å²) in [5, 5.41) is 34.6. The predicted octanol–water partition coefficient (Wildman–Crippen LogP) is -2.98. The molecule has 5 heteroatoms. The Labute approximate surface area is 58.7 Å². The highest BCUT2D eigenvalue weighted by Crippen LogP contribution is 1.97. The molecular weight excluding hydrogens is 138 g/mol. The number of rotatable bonds is 4. The quantitative estimate of drug-likeness (QED) is 0.295. The normalized spacial score (nSPS) is 20.1. The van der Waals surface area contributed by atoms with Gasteiger partial charge in [0.05, 0.1) is 12.7 Å². The van der Waals surface area contributed by atoms with E-state index in [1.165, 1.54) is 0 Å². The molecule has 2 unspecified atom stereocenters. The second-order valence-corrected chi connectivity index (χ2v) is 2.04. The zero-order valence-corrected chi connectivity index (χ0v) is 5.51. The first-order valence-electron chi connectivity index (χ1n) is 2.98. The van der Waals surface area contributed by atoms with Gasteiger partial charge in [-0.25, -0.2) is 0 Å². The van der Waals surface area contributed by atoms with Gasteiger partial charge in [-0.1, -0.05) is 0 Å². The highest BCUT2D eigenvalue weighted by molar-refractivity contribution is 4.74. The fourth-order valence-corrected chi connectivity index (χ4v) is 0.504. The molecule has 5 nitrogen and oxygen atoms in total. The van der Waals surface area contributed by atoms with Gasteiger partial charge in [0.1, 0.15) is 12.2 Å². The topological polar surface area (TPSA) is 107 Å². The molecule has 3 atom stereocenters. The average Bonchev–Trinajstić information content (AvgIpc) is 2.00. The fraction of sp³-hybridized carbons (Fsp3) is 1.00. The lowest BCUT2D eigenvalue weighted by atomic mass is 10.1. The summed E-state index contributed by atoms with van der Waals surface area (Å²) in [7, 11) is 0. The lowest BCUT2D eigenvalue weighted by Crippen LogP contribution is -2.43. The molecule has 0 aromatic carbocycles. The van der Waals surface area contributed by atoms with Gasteiger partial charge in [0.15, 0.2) is 0 Å². The Bertz CT molecular complexity index is 79.7. The molecule has 0 aromatic rings. The largest absolute Gasteiger partial charge is 0.394 e. The van der Waals surface area contributed by atoms with Gasteiger partial charge in [-0.3, -0.25) is 0 Å². The maximum Gasteiger partial charge on any atom is 0.109 e. The van der Waals surface area contributed by atoms with Gasteiger partial charge < -0.3 is 26.2 Å². The SMILES string of the molecule is NC[C@@H](O)C(O)C(O)CO. The summed E-state index contributed by atoms with van der Waals surface area (Å²) < 4.78 is 0. The van der Waals surface area contributed by atoms with Crippen molar-refractivity contribution in [3.05, 3.63) is 0 Å². The molecule has 0 saturated heterocycles. The highest BCUT2D eigenvalue weighted by atomic mass is 16.4. The van der Waals surface area contributed by atoms with Gasteiger partial charge in [-0.2, -0.15) is 0 Å². The van der Waals surface area contributed by atoms with Crippen molar-refractivity contribution >= 4 is 0 Å². The maximum absolute atomic E-state index is 8.85. The van der Waals surface area contributed by atoms with E-state index in [2.05, 4.69) is 0 Å². The van der Waals surface area contributed by atoms with Crippen LogP contribution in [0.2, 0.25) is 0 Å². The van der Waals surface area contributed by atoms with E-state index in [-0.39, 0.29) is 6.54 Å². The smallest absolute Gasteiger partial charge is 0.109 e. The summed E-state index contributed by atoms with van der Waals surface area (Å²) in [6.07, 6.45) is -3.87. The first kappa shape index (κ1) is 9.80. The summed E-state index contributed by atoms with van der Waals surface area (Å²) in [6.45, 7) is -0.726. The molecular formula is C5H13NO4. The highest BCUT2D eigenvalue weighted by Gasteiger charge is 2.22. The minimum Gasteiger partial charge on any atom is -0.394 e. The third kappa shape index (κ3) is 2.59. The van der Waals surface area contributed by atoms with Crippen LogP contribution >= 0.6 is 0 Å². The van der Waals surface area contributed by atoms with E-state index in [4.69, 9.17) is 26.2 Å². The Balaban J connectivity index is 3.69. The van der Waals surface area contributed by atoms with E-state index < -0.39 is 24.9 Å². The monoisotopic (exact) mass is 151 g/mol. The summed E-state index contributed by atoms with van der Waals surface area (Å²) in [4.78, 5) is 0. The molecule has 0 rings (SSSR count). The van der Waals surface area contributed by atoms with Gasteiger partial charge in [0, 0.05) is 6.54 Å². The van der Waals surface area contributed by atoms with Gasteiger partial charge in [-0.05, 0) is 0 Å². The number of hydrogen-bond acceptors (Lipinski definition) is 5. The van der Waals surface area contributed by atoms with Gasteiger partial charge in [0.25, 0.3) is 0 Å². The standard InChI is InChI=1S/C5H13NO4/c6-1-3(8)5(10)4(9)2-7/h3-5,7-10H,1-2,6H2/t3-,4?,5?/m1/s1. The molecule has 0 heterocycles. The predicted molar refractivity (Wildman–Crippen MR) is 34.2 cm³/mol. The Hall–Kier alpha value is -0.200. The van der Waals surface area contributed by atoms with E-state index in [0.29, 0.717) is 0 Å². The molecule has 6 N–H and O–H groups in total. The van der Waals surface area contributed by atoms with Crippen LogP contribution in [-0.2, 0) is 0 Å². The summed E-state index contributed by atoms with van der Waals surface area (Å²) in [6, 6.07) is 0. The van der Waals surface area contributed by atoms with E-state index >= 15 is 0 Å². The second-order valence-electron chi connectivity index (χ2n) is 2.04. The third-order valence-electron chi connectivity index (χ3n) is 1.22. The lowest BCUT2D eigenvalue weighted by Gasteiger charge is -2.19. The number of hydrogen-bond donors (Lipinski definition) is 5. The Morgan fingerprint density at radius 2 is 1.60 bits per heavy atom. The van der Waals surface area contributed by atoms with Crippen LogP contribution in [0.1, 0.15) is 0 Å². The van der Waals surface area contributed by atoms with Crippen LogP contribution in [0.25, 0.3) is 0 Å². The van der Waals surface area contributed by atoms with E-state index in [1.807, 2.05) is 0 Å². The molecule has 0 fully saturated rings. The van der Waals surface area contributed by atoms with E-state index in [9.17, 15) is 0 Å². The molecule has 0 saturated carbocycles. The molecule has 0 aliphatic heterocycles. The van der Waals surface area contributed by atoms with Crippen molar-refractivity contribution < 1.29 is 20.4 Å². The van der Waals surface area contributed by atoms with Gasteiger partial charge in [0.2, 0.25) is 0 Å². The first-order valence-corrected chi connectivity index (χ1v) is 2.98. The second kappa shape index (κ2) is 4.59. The summed E-state index contributed by atoms with van der Waals surface area (Å²) in [5.41, 5.74) is 4.96. The number of aliphatic hydroxyl groups excluding tert-OH is 4. The maximum atomic E-state index is 8.85. The average molecular weight is 151 g/mol. The van der Waals surface area contributed by atoms with Crippen molar-refractivity contribution in [2.75, 3.05) is 13.2 Å². The fourth-order valence-electron chi connectivity index (χ4n) is 0.504. The van der Waals surface area contributed by atoms with Gasteiger partial charge in [-0.15, -0.1) is 0 Å². The van der Waals surface area contributed by atoms with Crippen molar-refractivity contribution in [3.8, 4) is 0 Å². The van der Waals surface area contributed by atoms with E-state index in [0.717, 1.165) is 0 Å². The van der Waals surface area contributed by atoms with Crippen molar-refractivity contribution in [1.29, 1.82) is 0 Å². The molecule has 0 aliphatic carbocycles. The van der Waals surface area contributed by atoms with Crippen LogP contribution in [0.5, 0.6) is 0 Å². The molecule has 0 aliphatic rings. The number of nitrogens with two attached hydrogens (primary N) is 1. The minimum absolute atomic E-state index is 0.141. The zero-order valence-electron chi connectivity index (χ0n) is 5.51. The summed E-state index contributed by atoms with van der Waals surface area (Å²) >= 11 is 0. The molecule has 0 spiro atoms. The molecule has 62 valence electrons. The van der Waals surface area contributed by atoms with Crippen molar-refractivity contribution in [2.45, 2.75) is 18.3 Å². The van der Waals surface area contributed by atoms with Crippen molar-refractivity contribution in [3.63, 3.8) is 0 Å². The third-order valence-corrected chi connectivity index (χ3v) is 1.22. The van der Waals surface area contributed by atoms with Crippen LogP contribution < -0.4 is 5.73 Å². The number of aliphatic hydroxyl groups is 4. The minimum atomic E-state index is -1.37. The van der Waals surface area contributed by atoms with Crippen LogP contribution in [0, 0.1) is 0 Å². The van der Waals surface area contributed by atoms with Crippen LogP contribution in [0.4, 0.5) is 0 Å². The first-order chi connectivity index (χ1) is 4.63. The van der Waals surface area contributed by atoms with E-state index in [1.54, 1.807) is 0 Å². The molecule has 0 aromatic heterocycles. The molecule has 0 radical (unpaired) electrons.